The number of hydrogen-bond donors (Lipinski definition) is 1. The Morgan fingerprint density at radius 1 is 1.19 bits per heavy atom. The maximum atomic E-state index is 12.8. The summed E-state index contributed by atoms with van der Waals surface area (Å²) in [5, 5.41) is 7.33. The largest absolute Gasteiger partial charge is 0.378 e. The van der Waals surface area contributed by atoms with Crippen LogP contribution in [0.4, 0.5) is 5.69 Å². The van der Waals surface area contributed by atoms with Crippen LogP contribution in [-0.4, -0.2) is 22.8 Å². The molecule has 6 nitrogen and oxygen atoms in total. The molecule has 1 aliphatic rings. The summed E-state index contributed by atoms with van der Waals surface area (Å²) in [5.41, 5.74) is 5.11. The number of carbonyl (C=O) groups excluding carboxylic acids is 1. The van der Waals surface area contributed by atoms with Gasteiger partial charge >= 0.3 is 0 Å². The molecule has 0 fully saturated rings. The number of para-hydroxylation sites is 1. The summed E-state index contributed by atoms with van der Waals surface area (Å²) >= 11 is 0. The molecule has 3 aromatic rings. The number of amides is 1. The van der Waals surface area contributed by atoms with E-state index >= 15 is 0 Å². The van der Waals surface area contributed by atoms with Crippen LogP contribution in [-0.2, 0) is 29.3 Å². The fourth-order valence-corrected chi connectivity index (χ4v) is 3.08. The number of carbonyl (C=O) groups is 1. The highest BCUT2D eigenvalue weighted by molar-refractivity contribution is 6.05. The van der Waals surface area contributed by atoms with Gasteiger partial charge in [0.25, 0.3) is 5.91 Å². The molecule has 0 aliphatic carbocycles. The SMILES string of the molecule is COCc1c(C(=O)Nc2ccc3c(c2)COC3)cnn1-c1ccccc1. The third-order valence-electron chi connectivity index (χ3n) is 4.37. The van der Waals surface area contributed by atoms with Crippen molar-refractivity contribution in [3.05, 3.63) is 77.1 Å². The minimum absolute atomic E-state index is 0.210. The molecule has 0 radical (unpaired) electrons. The van der Waals surface area contributed by atoms with Crippen LogP contribution in [0.5, 0.6) is 0 Å². The van der Waals surface area contributed by atoms with Crippen molar-refractivity contribution in [1.29, 1.82) is 0 Å². The highest BCUT2D eigenvalue weighted by Crippen LogP contribution is 2.24. The topological polar surface area (TPSA) is 65.4 Å². The first kappa shape index (κ1) is 16.5. The first-order valence-electron chi connectivity index (χ1n) is 8.38. The van der Waals surface area contributed by atoms with E-state index in [2.05, 4.69) is 10.4 Å². The van der Waals surface area contributed by atoms with Crippen LogP contribution in [0.2, 0.25) is 0 Å². The molecule has 0 saturated heterocycles. The van der Waals surface area contributed by atoms with Crippen LogP contribution in [0.25, 0.3) is 5.69 Å². The first-order valence-corrected chi connectivity index (χ1v) is 8.38. The number of rotatable bonds is 5. The lowest BCUT2D eigenvalue weighted by molar-refractivity contribution is 0.102. The molecule has 0 unspecified atom stereocenters. The number of ether oxygens (including phenoxy) is 2. The molecular formula is C20H19N3O3. The van der Waals surface area contributed by atoms with E-state index in [4.69, 9.17) is 9.47 Å². The zero-order valence-electron chi connectivity index (χ0n) is 14.4. The van der Waals surface area contributed by atoms with E-state index in [0.29, 0.717) is 24.5 Å². The molecule has 132 valence electrons. The Hall–Kier alpha value is -2.96. The second-order valence-electron chi connectivity index (χ2n) is 6.12. The molecule has 1 N–H and O–H groups in total. The minimum Gasteiger partial charge on any atom is -0.378 e. The average Bonchev–Trinajstić information content (AvgIpc) is 3.29. The van der Waals surface area contributed by atoms with Crippen molar-refractivity contribution in [3.63, 3.8) is 0 Å². The average molecular weight is 349 g/mol. The summed E-state index contributed by atoms with van der Waals surface area (Å²) in [6.07, 6.45) is 1.58. The summed E-state index contributed by atoms with van der Waals surface area (Å²) in [4.78, 5) is 12.8. The van der Waals surface area contributed by atoms with E-state index in [9.17, 15) is 4.79 Å². The monoisotopic (exact) mass is 349 g/mol. The lowest BCUT2D eigenvalue weighted by atomic mass is 10.1. The molecule has 1 aliphatic heterocycles. The molecule has 1 amide bonds. The number of benzene rings is 2. The minimum atomic E-state index is -0.210. The Morgan fingerprint density at radius 3 is 2.81 bits per heavy atom. The highest BCUT2D eigenvalue weighted by Gasteiger charge is 2.19. The number of anilines is 1. The maximum absolute atomic E-state index is 12.8. The summed E-state index contributed by atoms with van der Waals surface area (Å²) in [7, 11) is 1.60. The zero-order chi connectivity index (χ0) is 17.9. The van der Waals surface area contributed by atoms with E-state index in [1.807, 2.05) is 48.5 Å². The van der Waals surface area contributed by atoms with Gasteiger partial charge in [0.2, 0.25) is 0 Å². The van der Waals surface area contributed by atoms with Gasteiger partial charge in [0.05, 0.1) is 43.0 Å². The molecule has 0 spiro atoms. The van der Waals surface area contributed by atoms with Gasteiger partial charge < -0.3 is 14.8 Å². The molecule has 0 atom stereocenters. The second-order valence-corrected chi connectivity index (χ2v) is 6.12. The van der Waals surface area contributed by atoms with Crippen molar-refractivity contribution in [1.82, 2.24) is 9.78 Å². The van der Waals surface area contributed by atoms with Gasteiger partial charge in [-0.1, -0.05) is 24.3 Å². The summed E-state index contributed by atoms with van der Waals surface area (Å²) in [5.74, 6) is -0.210. The summed E-state index contributed by atoms with van der Waals surface area (Å²) < 4.78 is 12.4. The number of methoxy groups -OCH3 is 1. The molecular weight excluding hydrogens is 330 g/mol. The standard InChI is InChI=1S/C20H19N3O3/c1-25-13-19-18(10-21-23(19)17-5-3-2-4-6-17)20(24)22-16-8-7-14-11-26-12-15(14)9-16/h2-10H,11-13H2,1H3,(H,22,24). The fourth-order valence-electron chi connectivity index (χ4n) is 3.08. The number of hydrogen-bond acceptors (Lipinski definition) is 4. The van der Waals surface area contributed by atoms with E-state index in [1.54, 1.807) is 18.0 Å². The van der Waals surface area contributed by atoms with Crippen LogP contribution >= 0.6 is 0 Å². The van der Waals surface area contributed by atoms with Crippen molar-refractivity contribution in [2.24, 2.45) is 0 Å². The molecule has 1 aromatic heterocycles. The molecule has 0 saturated carbocycles. The molecule has 6 heteroatoms. The third-order valence-corrected chi connectivity index (χ3v) is 4.37. The van der Waals surface area contributed by atoms with Crippen molar-refractivity contribution in [2.75, 3.05) is 12.4 Å². The lowest BCUT2D eigenvalue weighted by Crippen LogP contribution is -2.15. The Balaban J connectivity index is 1.62. The Bertz CT molecular complexity index is 935. The Morgan fingerprint density at radius 2 is 2.00 bits per heavy atom. The van der Waals surface area contributed by atoms with Gasteiger partial charge in [-0.15, -0.1) is 0 Å². The van der Waals surface area contributed by atoms with Crippen molar-refractivity contribution in [2.45, 2.75) is 19.8 Å². The molecule has 4 rings (SSSR count). The van der Waals surface area contributed by atoms with Gasteiger partial charge in [0, 0.05) is 12.8 Å². The maximum Gasteiger partial charge on any atom is 0.259 e. The van der Waals surface area contributed by atoms with Crippen LogP contribution < -0.4 is 5.32 Å². The Labute approximate surface area is 151 Å². The molecule has 0 bridgehead atoms. The summed E-state index contributed by atoms with van der Waals surface area (Å²) in [6, 6.07) is 15.5. The van der Waals surface area contributed by atoms with Gasteiger partial charge in [0.15, 0.2) is 0 Å². The van der Waals surface area contributed by atoms with Crippen molar-refractivity contribution >= 4 is 11.6 Å². The van der Waals surface area contributed by atoms with Crippen LogP contribution in [0.1, 0.15) is 27.2 Å². The number of nitrogens with zero attached hydrogens (tertiary/aromatic N) is 2. The van der Waals surface area contributed by atoms with Crippen LogP contribution in [0, 0.1) is 0 Å². The second kappa shape index (κ2) is 7.11. The van der Waals surface area contributed by atoms with E-state index in [-0.39, 0.29) is 12.5 Å². The van der Waals surface area contributed by atoms with Crippen LogP contribution in [0.15, 0.2) is 54.7 Å². The lowest BCUT2D eigenvalue weighted by Gasteiger charge is -2.10. The zero-order valence-corrected chi connectivity index (χ0v) is 14.4. The number of fused-ring (bicyclic) bond motifs is 1. The van der Waals surface area contributed by atoms with E-state index in [1.165, 1.54) is 5.56 Å². The molecule has 2 heterocycles. The normalized spacial score (nSPS) is 12.8. The smallest absolute Gasteiger partial charge is 0.259 e. The van der Waals surface area contributed by atoms with Gasteiger partial charge in [0.1, 0.15) is 0 Å². The summed E-state index contributed by atoms with van der Waals surface area (Å²) in [6.45, 7) is 1.50. The van der Waals surface area contributed by atoms with Gasteiger partial charge in [-0.2, -0.15) is 5.10 Å². The predicted octanol–water partition coefficient (Wildman–Crippen LogP) is 3.30. The Kier molecular flexibility index (Phi) is 4.51. The highest BCUT2D eigenvalue weighted by atomic mass is 16.5. The third kappa shape index (κ3) is 3.12. The molecule has 2 aromatic carbocycles. The predicted molar refractivity (Wildman–Crippen MR) is 97.2 cm³/mol. The number of nitrogens with one attached hydrogen (secondary N) is 1. The van der Waals surface area contributed by atoms with Gasteiger partial charge in [-0.05, 0) is 35.4 Å². The van der Waals surface area contributed by atoms with E-state index < -0.39 is 0 Å². The first-order chi connectivity index (χ1) is 12.8. The van der Waals surface area contributed by atoms with Crippen LogP contribution in [0.3, 0.4) is 0 Å². The quantitative estimate of drug-likeness (QED) is 0.767. The van der Waals surface area contributed by atoms with Gasteiger partial charge in [-0.3, -0.25) is 4.79 Å². The van der Waals surface area contributed by atoms with Gasteiger partial charge in [-0.25, -0.2) is 4.68 Å². The van der Waals surface area contributed by atoms with Crippen molar-refractivity contribution < 1.29 is 14.3 Å². The molecule has 26 heavy (non-hydrogen) atoms. The fraction of sp³-hybridized carbons (Fsp3) is 0.200. The van der Waals surface area contributed by atoms with E-state index in [0.717, 1.165) is 16.9 Å². The van der Waals surface area contributed by atoms with Crippen molar-refractivity contribution in [3.8, 4) is 5.69 Å². The number of aromatic nitrogens is 2.